The number of pyridine rings is 1. The molecule has 0 saturated heterocycles. The smallest absolute Gasteiger partial charge is 0.231 e. The van der Waals surface area contributed by atoms with E-state index in [1.807, 2.05) is 12.4 Å². The Labute approximate surface area is 181 Å². The second-order valence-corrected chi connectivity index (χ2v) is 8.39. The Morgan fingerprint density at radius 2 is 1.87 bits per heavy atom. The number of nitrogens with zero attached hydrogens (tertiary/aromatic N) is 2. The normalized spacial score (nSPS) is 17.7. The van der Waals surface area contributed by atoms with E-state index in [2.05, 4.69) is 69.6 Å². The highest BCUT2D eigenvalue weighted by atomic mass is 16.7. The Kier molecular flexibility index (Phi) is 4.61. The average Bonchev–Trinajstić information content (AvgIpc) is 3.44. The third-order valence-corrected chi connectivity index (χ3v) is 6.60. The van der Waals surface area contributed by atoms with Crippen molar-refractivity contribution in [2.75, 3.05) is 13.3 Å². The largest absolute Gasteiger partial charge is 0.454 e. The summed E-state index contributed by atoms with van der Waals surface area (Å²) in [7, 11) is 0. The fourth-order valence-electron chi connectivity index (χ4n) is 5.02. The second kappa shape index (κ2) is 7.75. The molecule has 1 unspecified atom stereocenters. The van der Waals surface area contributed by atoms with E-state index in [0.29, 0.717) is 12.8 Å². The van der Waals surface area contributed by atoms with Gasteiger partial charge < -0.3 is 14.5 Å². The Morgan fingerprint density at radius 3 is 2.77 bits per heavy atom. The number of H-pyrrole nitrogens is 1. The number of benzene rings is 2. The molecule has 4 heterocycles. The van der Waals surface area contributed by atoms with Crippen LogP contribution in [0.5, 0.6) is 11.5 Å². The molecule has 5 nitrogen and oxygen atoms in total. The lowest BCUT2D eigenvalue weighted by Crippen LogP contribution is -2.35. The van der Waals surface area contributed by atoms with Crippen LogP contribution in [0.25, 0.3) is 10.9 Å². The first-order valence-electron chi connectivity index (χ1n) is 11.0. The van der Waals surface area contributed by atoms with Crippen LogP contribution in [-0.2, 0) is 19.4 Å². The Morgan fingerprint density at radius 1 is 1.03 bits per heavy atom. The van der Waals surface area contributed by atoms with Crippen LogP contribution in [0.2, 0.25) is 0 Å². The van der Waals surface area contributed by atoms with E-state index in [9.17, 15) is 0 Å². The fourth-order valence-corrected chi connectivity index (χ4v) is 5.02. The number of para-hydroxylation sites is 1. The van der Waals surface area contributed by atoms with Gasteiger partial charge in [0.1, 0.15) is 0 Å². The van der Waals surface area contributed by atoms with Gasteiger partial charge in [-0.2, -0.15) is 0 Å². The highest BCUT2D eigenvalue weighted by molar-refractivity contribution is 5.83. The second-order valence-electron chi connectivity index (χ2n) is 8.39. The maximum absolute atomic E-state index is 5.72. The van der Waals surface area contributed by atoms with Crippen LogP contribution in [-0.4, -0.2) is 28.2 Å². The number of rotatable bonds is 5. The Hall–Kier alpha value is -3.31. The highest BCUT2D eigenvalue weighted by Gasteiger charge is 2.30. The van der Waals surface area contributed by atoms with E-state index < -0.39 is 0 Å². The highest BCUT2D eigenvalue weighted by Crippen LogP contribution is 2.42. The number of hydrogen-bond donors (Lipinski definition) is 1. The van der Waals surface area contributed by atoms with Crippen LogP contribution in [0.15, 0.2) is 67.1 Å². The number of aryl methyl sites for hydroxylation is 1. The molecule has 2 aliphatic heterocycles. The molecular weight excluding hydrogens is 386 g/mol. The summed E-state index contributed by atoms with van der Waals surface area (Å²) in [5.41, 5.74) is 6.66. The molecule has 0 amide bonds. The summed E-state index contributed by atoms with van der Waals surface area (Å²) in [6.07, 6.45) is 9.04. The van der Waals surface area contributed by atoms with Crippen molar-refractivity contribution < 1.29 is 9.47 Å². The van der Waals surface area contributed by atoms with Crippen molar-refractivity contribution in [3.8, 4) is 11.5 Å². The SMILES string of the molecule is c1ccc2c(CCC3c4cc5c(cc4CCN3Cc3ccncc3)OCO5)c[nH]c2c1. The molecule has 0 fully saturated rings. The van der Waals surface area contributed by atoms with Crippen LogP contribution >= 0.6 is 0 Å². The monoisotopic (exact) mass is 411 g/mol. The maximum Gasteiger partial charge on any atom is 0.231 e. The third-order valence-electron chi connectivity index (χ3n) is 6.60. The van der Waals surface area contributed by atoms with Gasteiger partial charge in [-0.1, -0.05) is 18.2 Å². The van der Waals surface area contributed by atoms with Gasteiger partial charge in [-0.05, 0) is 71.8 Å². The summed E-state index contributed by atoms with van der Waals surface area (Å²) in [6, 6.07) is 17.5. The van der Waals surface area contributed by atoms with Gasteiger partial charge in [-0.15, -0.1) is 0 Å². The number of hydrogen-bond acceptors (Lipinski definition) is 4. The lowest BCUT2D eigenvalue weighted by Gasteiger charge is -2.37. The zero-order chi connectivity index (χ0) is 20.6. The topological polar surface area (TPSA) is 50.4 Å². The van der Waals surface area contributed by atoms with Crippen LogP contribution in [0.3, 0.4) is 0 Å². The summed E-state index contributed by atoms with van der Waals surface area (Å²) in [5, 5.41) is 1.32. The summed E-state index contributed by atoms with van der Waals surface area (Å²) in [4.78, 5) is 10.2. The van der Waals surface area contributed by atoms with E-state index in [1.165, 1.54) is 33.2 Å². The molecule has 1 N–H and O–H groups in total. The zero-order valence-electron chi connectivity index (χ0n) is 17.4. The Bertz CT molecular complexity index is 1220. The van der Waals surface area contributed by atoms with Gasteiger partial charge in [0.2, 0.25) is 6.79 Å². The third kappa shape index (κ3) is 3.45. The van der Waals surface area contributed by atoms with Crippen molar-refractivity contribution in [2.45, 2.75) is 31.8 Å². The van der Waals surface area contributed by atoms with Crippen molar-refractivity contribution in [1.82, 2.24) is 14.9 Å². The first kappa shape index (κ1) is 18.5. The lowest BCUT2D eigenvalue weighted by atomic mass is 9.88. The fraction of sp³-hybridized carbons (Fsp3) is 0.269. The van der Waals surface area contributed by atoms with Crippen LogP contribution < -0.4 is 9.47 Å². The van der Waals surface area contributed by atoms with E-state index in [-0.39, 0.29) is 0 Å². The molecule has 1 atom stereocenters. The predicted octanol–water partition coefficient (Wildman–Crippen LogP) is 5.02. The molecule has 5 heteroatoms. The molecule has 0 bridgehead atoms. The Balaban J connectivity index is 1.33. The molecule has 156 valence electrons. The summed E-state index contributed by atoms with van der Waals surface area (Å²) in [6.45, 7) is 2.28. The molecule has 0 saturated carbocycles. The average molecular weight is 412 g/mol. The summed E-state index contributed by atoms with van der Waals surface area (Å²) >= 11 is 0. The van der Waals surface area contributed by atoms with Crippen molar-refractivity contribution in [1.29, 1.82) is 0 Å². The van der Waals surface area contributed by atoms with Gasteiger partial charge in [-0.3, -0.25) is 9.88 Å². The molecule has 0 radical (unpaired) electrons. The quantitative estimate of drug-likeness (QED) is 0.501. The van der Waals surface area contributed by atoms with Gasteiger partial charge in [0.25, 0.3) is 0 Å². The predicted molar refractivity (Wildman–Crippen MR) is 120 cm³/mol. The van der Waals surface area contributed by atoms with Crippen molar-refractivity contribution >= 4 is 10.9 Å². The molecule has 2 aromatic heterocycles. The molecule has 4 aromatic rings. The van der Waals surface area contributed by atoms with Gasteiger partial charge >= 0.3 is 0 Å². The van der Waals surface area contributed by atoms with Gasteiger partial charge in [0, 0.05) is 48.6 Å². The first-order chi connectivity index (χ1) is 15.3. The molecule has 31 heavy (non-hydrogen) atoms. The molecule has 6 rings (SSSR count). The van der Waals surface area contributed by atoms with Crippen LogP contribution in [0, 0.1) is 0 Å². The first-order valence-corrected chi connectivity index (χ1v) is 11.0. The number of ether oxygens (including phenoxy) is 2. The van der Waals surface area contributed by atoms with Gasteiger partial charge in [-0.25, -0.2) is 0 Å². The number of nitrogens with one attached hydrogen (secondary N) is 1. The molecule has 2 aromatic carbocycles. The van der Waals surface area contributed by atoms with Crippen molar-refractivity contribution in [3.63, 3.8) is 0 Å². The minimum absolute atomic E-state index is 0.318. The van der Waals surface area contributed by atoms with E-state index in [0.717, 1.165) is 43.9 Å². The standard InChI is InChI=1S/C26H25N3O2/c1-2-4-23-21(3-1)20(15-28-23)5-6-24-22-14-26-25(30-17-31-26)13-19(22)9-12-29(24)16-18-7-10-27-11-8-18/h1-4,7-8,10-11,13-15,24,28H,5-6,9,12,16-17H2. The number of aromatic amines is 1. The van der Waals surface area contributed by atoms with Crippen LogP contribution in [0.1, 0.15) is 34.7 Å². The molecule has 0 aliphatic carbocycles. The molecular formula is C26H25N3O2. The van der Waals surface area contributed by atoms with Gasteiger partial charge in [0.15, 0.2) is 11.5 Å². The van der Waals surface area contributed by atoms with E-state index in [4.69, 9.17) is 9.47 Å². The lowest BCUT2D eigenvalue weighted by molar-refractivity contribution is 0.166. The van der Waals surface area contributed by atoms with E-state index >= 15 is 0 Å². The van der Waals surface area contributed by atoms with Crippen LogP contribution in [0.4, 0.5) is 0 Å². The van der Waals surface area contributed by atoms with E-state index in [1.54, 1.807) is 0 Å². The molecule has 2 aliphatic rings. The van der Waals surface area contributed by atoms with Gasteiger partial charge in [0.05, 0.1) is 0 Å². The van der Waals surface area contributed by atoms with Crippen molar-refractivity contribution in [2.24, 2.45) is 0 Å². The molecule has 0 spiro atoms. The maximum atomic E-state index is 5.72. The minimum Gasteiger partial charge on any atom is -0.454 e. The van der Waals surface area contributed by atoms with Crippen molar-refractivity contribution in [3.05, 3.63) is 89.4 Å². The zero-order valence-corrected chi connectivity index (χ0v) is 17.4. The minimum atomic E-state index is 0.318. The summed E-state index contributed by atoms with van der Waals surface area (Å²) in [5.74, 6) is 1.76. The number of fused-ring (bicyclic) bond motifs is 3. The number of aromatic nitrogens is 2. The summed E-state index contributed by atoms with van der Waals surface area (Å²) < 4.78 is 11.4.